The number of benzene rings is 1. The van der Waals surface area contributed by atoms with Crippen molar-refractivity contribution in [2.45, 2.75) is 20.5 Å². The van der Waals surface area contributed by atoms with Gasteiger partial charge in [-0.1, -0.05) is 23.2 Å². The summed E-state index contributed by atoms with van der Waals surface area (Å²) in [5.74, 6) is 0.0725. The van der Waals surface area contributed by atoms with Gasteiger partial charge in [-0.2, -0.15) is 0 Å². The Morgan fingerprint density at radius 3 is 2.58 bits per heavy atom. The van der Waals surface area contributed by atoms with Crippen molar-refractivity contribution in [2.24, 2.45) is 0 Å². The minimum absolute atomic E-state index is 0.212. The van der Waals surface area contributed by atoms with Crippen molar-refractivity contribution in [3.63, 3.8) is 0 Å². The third-order valence-electron chi connectivity index (χ3n) is 3.21. The highest BCUT2D eigenvalue weighted by atomic mass is 35.5. The topological polar surface area (TPSA) is 78.0 Å². The minimum Gasteiger partial charge on any atom is -0.486 e. The molecule has 10 heteroatoms. The molecule has 7 nitrogen and oxygen atoms in total. The first kappa shape index (κ1) is 20.3. The van der Waals surface area contributed by atoms with Gasteiger partial charge < -0.3 is 14.2 Å². The van der Waals surface area contributed by atoms with Crippen molar-refractivity contribution in [3.05, 3.63) is 38.3 Å². The summed E-state index contributed by atoms with van der Waals surface area (Å²) in [5, 5.41) is 0.897. The molecule has 2 aromatic rings. The molecule has 1 heterocycles. The van der Waals surface area contributed by atoms with Crippen molar-refractivity contribution in [1.29, 1.82) is 0 Å². The highest BCUT2D eigenvalue weighted by molar-refractivity contribution is 7.16. The van der Waals surface area contributed by atoms with E-state index in [1.165, 1.54) is 30.3 Å². The van der Waals surface area contributed by atoms with E-state index >= 15 is 0 Å². The maximum Gasteiger partial charge on any atom is 0.416 e. The summed E-state index contributed by atoms with van der Waals surface area (Å²) in [5.41, 5.74) is 1.26. The van der Waals surface area contributed by atoms with E-state index < -0.39 is 12.1 Å². The zero-order chi connectivity index (χ0) is 19.3. The van der Waals surface area contributed by atoms with E-state index in [4.69, 9.17) is 37.4 Å². The third kappa shape index (κ3) is 5.23. The predicted octanol–water partition coefficient (Wildman–Crippen LogP) is 4.43. The van der Waals surface area contributed by atoms with Gasteiger partial charge in [-0.3, -0.25) is 4.79 Å². The number of amides is 1. The van der Waals surface area contributed by atoms with Crippen molar-refractivity contribution < 1.29 is 23.8 Å². The fourth-order valence-electron chi connectivity index (χ4n) is 2.04. The summed E-state index contributed by atoms with van der Waals surface area (Å²) < 4.78 is 15.7. The number of rotatable bonds is 6. The largest absolute Gasteiger partial charge is 0.486 e. The Bertz CT molecular complexity index is 792. The second kappa shape index (κ2) is 9.07. The second-order valence-corrected chi connectivity index (χ2v) is 7.12. The van der Waals surface area contributed by atoms with Crippen LogP contribution in [-0.4, -0.2) is 30.9 Å². The number of methoxy groups -OCH3 is 1. The SMILES string of the molecule is COC(=O)N(COC(C)=O)c1ccc(OCc2nc(Cl)c(Cl)s2)cc1C. The summed E-state index contributed by atoms with van der Waals surface area (Å²) in [4.78, 5) is 28.3. The third-order valence-corrected chi connectivity index (χ3v) is 4.92. The molecule has 0 saturated heterocycles. The molecule has 0 unspecified atom stereocenters. The van der Waals surface area contributed by atoms with Crippen LogP contribution in [0.15, 0.2) is 18.2 Å². The molecule has 0 aliphatic heterocycles. The fraction of sp³-hybridized carbons (Fsp3) is 0.312. The average molecular weight is 419 g/mol. The molecule has 0 aliphatic rings. The summed E-state index contributed by atoms with van der Waals surface area (Å²) in [6.45, 7) is 3.02. The molecule has 26 heavy (non-hydrogen) atoms. The molecular weight excluding hydrogens is 403 g/mol. The Kier molecular flexibility index (Phi) is 7.07. The second-order valence-electron chi connectivity index (χ2n) is 5.07. The Morgan fingerprint density at radius 1 is 1.31 bits per heavy atom. The molecule has 0 aliphatic carbocycles. The maximum absolute atomic E-state index is 12.0. The van der Waals surface area contributed by atoms with Crippen LogP contribution in [-0.2, 0) is 20.9 Å². The van der Waals surface area contributed by atoms with Crippen LogP contribution in [0, 0.1) is 6.92 Å². The van der Waals surface area contributed by atoms with Crippen LogP contribution in [0.25, 0.3) is 0 Å². The lowest BCUT2D eigenvalue weighted by Crippen LogP contribution is -2.34. The lowest BCUT2D eigenvalue weighted by Gasteiger charge is -2.22. The van der Waals surface area contributed by atoms with Gasteiger partial charge in [-0.25, -0.2) is 14.7 Å². The van der Waals surface area contributed by atoms with Gasteiger partial charge in [0.2, 0.25) is 0 Å². The molecule has 0 spiro atoms. The lowest BCUT2D eigenvalue weighted by atomic mass is 10.2. The van der Waals surface area contributed by atoms with Gasteiger partial charge in [0.1, 0.15) is 21.7 Å². The van der Waals surface area contributed by atoms with Crippen LogP contribution in [0.1, 0.15) is 17.5 Å². The molecule has 2 rings (SSSR count). The van der Waals surface area contributed by atoms with E-state index in [-0.39, 0.29) is 18.5 Å². The standard InChI is InChI=1S/C16H16Cl2N2O5S/c1-9-6-11(24-7-13-19-14(17)15(18)26-13)4-5-12(9)20(16(22)23-3)8-25-10(2)21/h4-6H,7-8H2,1-3H3. The number of hydrogen-bond donors (Lipinski definition) is 0. The van der Waals surface area contributed by atoms with Gasteiger partial charge >= 0.3 is 12.1 Å². The highest BCUT2D eigenvalue weighted by Gasteiger charge is 2.20. The quantitative estimate of drug-likeness (QED) is 0.509. The number of carbonyl (C=O) groups is 2. The number of nitrogens with zero attached hydrogens (tertiary/aromatic N) is 2. The van der Waals surface area contributed by atoms with Crippen molar-refractivity contribution >= 4 is 52.3 Å². The monoisotopic (exact) mass is 418 g/mol. The van der Waals surface area contributed by atoms with Gasteiger partial charge in [0.25, 0.3) is 0 Å². The molecule has 0 atom stereocenters. The van der Waals surface area contributed by atoms with E-state index in [9.17, 15) is 9.59 Å². The van der Waals surface area contributed by atoms with E-state index in [0.29, 0.717) is 20.8 Å². The average Bonchev–Trinajstić information content (AvgIpc) is 2.92. The summed E-state index contributed by atoms with van der Waals surface area (Å²) in [6.07, 6.45) is -0.643. The number of carbonyl (C=O) groups excluding carboxylic acids is 2. The van der Waals surface area contributed by atoms with E-state index in [2.05, 4.69) is 4.98 Å². The van der Waals surface area contributed by atoms with Crippen LogP contribution in [0.5, 0.6) is 5.75 Å². The minimum atomic E-state index is -0.643. The van der Waals surface area contributed by atoms with E-state index in [1.807, 2.05) is 0 Å². The van der Waals surface area contributed by atoms with Crippen molar-refractivity contribution in [1.82, 2.24) is 4.98 Å². The number of aromatic nitrogens is 1. The molecule has 1 aromatic carbocycles. The van der Waals surface area contributed by atoms with Crippen molar-refractivity contribution in [2.75, 3.05) is 18.7 Å². The zero-order valence-corrected chi connectivity index (χ0v) is 16.6. The lowest BCUT2D eigenvalue weighted by molar-refractivity contribution is -0.140. The van der Waals surface area contributed by atoms with Crippen LogP contribution in [0.3, 0.4) is 0 Å². The number of esters is 1. The first-order chi connectivity index (χ1) is 12.3. The smallest absolute Gasteiger partial charge is 0.416 e. The first-order valence-corrected chi connectivity index (χ1v) is 8.92. The number of aryl methyl sites for hydroxylation is 1. The van der Waals surface area contributed by atoms with Gasteiger partial charge in [-0.15, -0.1) is 11.3 Å². The van der Waals surface area contributed by atoms with Crippen LogP contribution >= 0.6 is 34.5 Å². The summed E-state index contributed by atoms with van der Waals surface area (Å²) in [6, 6.07) is 5.10. The number of thiazole rings is 1. The molecule has 0 bridgehead atoms. The Hall–Kier alpha value is -2.03. The van der Waals surface area contributed by atoms with Gasteiger partial charge in [0.05, 0.1) is 12.8 Å². The molecule has 0 radical (unpaired) electrons. The fourth-order valence-corrected chi connectivity index (χ4v) is 3.20. The van der Waals surface area contributed by atoms with Crippen LogP contribution in [0.4, 0.5) is 10.5 Å². The molecule has 0 N–H and O–H groups in total. The van der Waals surface area contributed by atoms with Gasteiger partial charge in [0, 0.05) is 6.92 Å². The number of hydrogen-bond acceptors (Lipinski definition) is 7. The Balaban J connectivity index is 2.12. The summed E-state index contributed by atoms with van der Waals surface area (Å²) >= 11 is 12.9. The van der Waals surface area contributed by atoms with Crippen LogP contribution < -0.4 is 9.64 Å². The number of anilines is 1. The van der Waals surface area contributed by atoms with Crippen LogP contribution in [0.2, 0.25) is 9.49 Å². The molecule has 1 amide bonds. The van der Waals surface area contributed by atoms with Gasteiger partial charge in [-0.05, 0) is 30.7 Å². The molecule has 0 saturated carbocycles. The molecule has 0 fully saturated rings. The Labute approximate surface area is 164 Å². The number of ether oxygens (including phenoxy) is 3. The summed E-state index contributed by atoms with van der Waals surface area (Å²) in [7, 11) is 1.25. The molecule has 1 aromatic heterocycles. The first-order valence-electron chi connectivity index (χ1n) is 7.34. The normalized spacial score (nSPS) is 10.3. The van der Waals surface area contributed by atoms with Crippen molar-refractivity contribution in [3.8, 4) is 5.75 Å². The zero-order valence-electron chi connectivity index (χ0n) is 14.2. The highest BCUT2D eigenvalue weighted by Crippen LogP contribution is 2.30. The van der Waals surface area contributed by atoms with E-state index in [1.54, 1.807) is 25.1 Å². The van der Waals surface area contributed by atoms with E-state index in [0.717, 1.165) is 5.56 Å². The van der Waals surface area contributed by atoms with Gasteiger partial charge in [0.15, 0.2) is 11.9 Å². The maximum atomic E-state index is 12.0. The predicted molar refractivity (Wildman–Crippen MR) is 99.2 cm³/mol. The molecule has 140 valence electrons. The number of halogens is 2. The molecular formula is C16H16Cl2N2O5S. The Morgan fingerprint density at radius 2 is 2.04 bits per heavy atom.